The van der Waals surface area contributed by atoms with Crippen molar-refractivity contribution in [2.45, 2.75) is 32.7 Å². The van der Waals surface area contributed by atoms with Crippen molar-refractivity contribution in [1.29, 1.82) is 0 Å². The van der Waals surface area contributed by atoms with Crippen LogP contribution in [0.25, 0.3) is 16.6 Å². The summed E-state index contributed by atoms with van der Waals surface area (Å²) in [5.74, 6) is 0.571. The lowest BCUT2D eigenvalue weighted by Gasteiger charge is -2.16. The number of carbonyl (C=O) groups is 1. The Morgan fingerprint density at radius 2 is 2.00 bits per heavy atom. The molecule has 0 bridgehead atoms. The number of nitrogens with one attached hydrogen (secondary N) is 2. The number of benzene rings is 2. The number of rotatable bonds is 9. The first-order valence-corrected chi connectivity index (χ1v) is 14.0. The lowest BCUT2D eigenvalue weighted by Crippen LogP contribution is -2.24. The van der Waals surface area contributed by atoms with E-state index in [1.54, 1.807) is 22.8 Å². The molecule has 6 rings (SSSR count). The molecule has 2 N–H and O–H groups in total. The summed E-state index contributed by atoms with van der Waals surface area (Å²) < 4.78 is 28.4. The lowest BCUT2D eigenvalue weighted by atomic mass is 10.1. The summed E-state index contributed by atoms with van der Waals surface area (Å²) in [5.41, 5.74) is 3.28. The van der Waals surface area contributed by atoms with Crippen LogP contribution in [-0.4, -0.2) is 61.6 Å². The van der Waals surface area contributed by atoms with Crippen molar-refractivity contribution in [3.05, 3.63) is 78.8 Å². The Balaban J connectivity index is 1.25. The number of ether oxygens (including phenoxy) is 2. The molecule has 1 fully saturated rings. The van der Waals surface area contributed by atoms with Gasteiger partial charge in [-0.15, -0.1) is 0 Å². The van der Waals surface area contributed by atoms with E-state index in [4.69, 9.17) is 9.47 Å². The van der Waals surface area contributed by atoms with Gasteiger partial charge >= 0.3 is 0 Å². The molecule has 1 aliphatic rings. The van der Waals surface area contributed by atoms with Crippen molar-refractivity contribution < 1.29 is 18.7 Å². The van der Waals surface area contributed by atoms with E-state index in [1.165, 1.54) is 18.7 Å². The molecule has 2 aromatic carbocycles. The van der Waals surface area contributed by atoms with E-state index in [0.717, 1.165) is 30.6 Å². The van der Waals surface area contributed by atoms with Crippen LogP contribution in [0, 0.1) is 6.92 Å². The molecule has 220 valence electrons. The van der Waals surface area contributed by atoms with Crippen molar-refractivity contribution in [3.63, 3.8) is 0 Å². The molecule has 0 saturated carbocycles. The Morgan fingerprint density at radius 3 is 2.79 bits per heavy atom. The number of nitrogens with zero attached hydrogens (tertiary/aromatic N) is 6. The molecule has 3 aromatic heterocycles. The topological polar surface area (TPSA) is 119 Å². The van der Waals surface area contributed by atoms with Gasteiger partial charge in [0, 0.05) is 35.4 Å². The molecule has 5 aromatic rings. The quantitative estimate of drug-likeness (QED) is 0.208. The molecule has 1 unspecified atom stereocenters. The SMILES string of the molecule is CCOc1cc2ncnc(Nc3ccc(Oc4ccn5ncnc5c4)c(C)c3)c2cc1NC(=O)/C(F)=C/C1CCCN1C. The fourth-order valence-electron chi connectivity index (χ4n) is 5.09. The van der Waals surface area contributed by atoms with Crippen LogP contribution in [0.3, 0.4) is 0 Å². The zero-order valence-corrected chi connectivity index (χ0v) is 24.0. The van der Waals surface area contributed by atoms with Crippen molar-refractivity contribution in [2.75, 3.05) is 30.8 Å². The number of hydrogen-bond acceptors (Lipinski definition) is 9. The number of anilines is 3. The van der Waals surface area contributed by atoms with Crippen molar-refractivity contribution in [3.8, 4) is 17.2 Å². The van der Waals surface area contributed by atoms with Gasteiger partial charge in [-0.3, -0.25) is 9.69 Å². The monoisotopic (exact) mass is 582 g/mol. The summed E-state index contributed by atoms with van der Waals surface area (Å²) in [6, 6.07) is 12.6. The number of likely N-dealkylation sites (tertiary alicyclic amines) is 1. The first kappa shape index (κ1) is 28.0. The molecule has 0 radical (unpaired) electrons. The maximum atomic E-state index is 14.9. The van der Waals surface area contributed by atoms with Gasteiger partial charge in [0.05, 0.1) is 17.8 Å². The maximum absolute atomic E-state index is 14.9. The number of pyridine rings is 1. The molecule has 1 atom stereocenters. The van der Waals surface area contributed by atoms with Crippen LogP contribution in [-0.2, 0) is 4.79 Å². The third kappa shape index (κ3) is 6.09. The van der Waals surface area contributed by atoms with E-state index in [2.05, 4.69) is 30.7 Å². The average molecular weight is 583 g/mol. The van der Waals surface area contributed by atoms with Gasteiger partial charge in [0.2, 0.25) is 0 Å². The third-order valence-electron chi connectivity index (χ3n) is 7.33. The first-order valence-electron chi connectivity index (χ1n) is 14.0. The first-order chi connectivity index (χ1) is 20.9. The fourth-order valence-corrected chi connectivity index (χ4v) is 5.09. The standard InChI is InChI=1S/C31H31FN8O3/c1-4-42-28-16-25-23(15-26(28)38-31(41)24(32)13-21-6-5-10-39(21)3)30(35-17-33-25)37-20-7-8-27(19(2)12-20)43-22-9-11-40-29(14-22)34-18-36-40/h7-9,11-18,21H,4-6,10H2,1-3H3,(H,38,41)(H,33,35,37)/b24-13-. The minimum atomic E-state index is -0.832. The third-order valence-corrected chi connectivity index (χ3v) is 7.33. The van der Waals surface area contributed by atoms with Crippen LogP contribution in [0.4, 0.5) is 21.6 Å². The molecule has 0 aliphatic carbocycles. The van der Waals surface area contributed by atoms with E-state index < -0.39 is 11.7 Å². The Hall–Kier alpha value is -5.10. The van der Waals surface area contributed by atoms with Crippen LogP contribution in [0.2, 0.25) is 0 Å². The van der Waals surface area contributed by atoms with Crippen molar-refractivity contribution in [1.82, 2.24) is 29.5 Å². The summed E-state index contributed by atoms with van der Waals surface area (Å²) in [7, 11) is 1.92. The molecule has 1 amide bonds. The number of carbonyl (C=O) groups excluding carboxylic acids is 1. The summed E-state index contributed by atoms with van der Waals surface area (Å²) in [4.78, 5) is 27.9. The summed E-state index contributed by atoms with van der Waals surface area (Å²) in [5, 5.41) is 10.7. The van der Waals surface area contributed by atoms with Crippen molar-refractivity contribution in [2.24, 2.45) is 0 Å². The molecule has 0 spiro atoms. The van der Waals surface area contributed by atoms with Gasteiger partial charge in [0.15, 0.2) is 11.5 Å². The summed E-state index contributed by atoms with van der Waals surface area (Å²) >= 11 is 0. The predicted octanol–water partition coefficient (Wildman–Crippen LogP) is 5.80. The minimum Gasteiger partial charge on any atom is -0.492 e. The highest BCUT2D eigenvalue weighted by molar-refractivity contribution is 6.05. The van der Waals surface area contributed by atoms with Gasteiger partial charge in [0.1, 0.15) is 35.7 Å². The Bertz CT molecular complexity index is 1840. The summed E-state index contributed by atoms with van der Waals surface area (Å²) in [6.45, 7) is 5.01. The number of amides is 1. The van der Waals surface area contributed by atoms with Gasteiger partial charge in [-0.1, -0.05) is 0 Å². The maximum Gasteiger partial charge on any atom is 0.284 e. The highest BCUT2D eigenvalue weighted by atomic mass is 19.1. The number of aromatic nitrogens is 5. The number of hydrogen-bond donors (Lipinski definition) is 2. The van der Waals surface area contributed by atoms with Crippen LogP contribution >= 0.6 is 0 Å². The summed E-state index contributed by atoms with van der Waals surface area (Å²) in [6.07, 6.45) is 7.89. The normalized spacial score (nSPS) is 15.6. The minimum absolute atomic E-state index is 0.101. The predicted molar refractivity (Wildman–Crippen MR) is 162 cm³/mol. The zero-order chi connectivity index (χ0) is 29.9. The van der Waals surface area contributed by atoms with Gasteiger partial charge in [-0.2, -0.15) is 5.10 Å². The lowest BCUT2D eigenvalue weighted by molar-refractivity contribution is -0.114. The zero-order valence-electron chi connectivity index (χ0n) is 24.0. The second-order valence-electron chi connectivity index (χ2n) is 10.3. The van der Waals surface area contributed by atoms with Gasteiger partial charge < -0.3 is 20.1 Å². The molecular weight excluding hydrogens is 551 g/mol. The molecule has 12 heteroatoms. The smallest absolute Gasteiger partial charge is 0.284 e. The highest BCUT2D eigenvalue weighted by Crippen LogP contribution is 2.35. The van der Waals surface area contributed by atoms with Crippen LogP contribution in [0.15, 0.2) is 73.2 Å². The average Bonchev–Trinajstić information content (AvgIpc) is 3.63. The largest absolute Gasteiger partial charge is 0.492 e. The Morgan fingerprint density at radius 1 is 1.12 bits per heavy atom. The van der Waals surface area contributed by atoms with E-state index in [0.29, 0.717) is 51.9 Å². The van der Waals surface area contributed by atoms with E-state index in [9.17, 15) is 9.18 Å². The number of likely N-dealkylation sites (N-methyl/N-ethyl adjacent to an activating group) is 1. The fraction of sp³-hybridized carbons (Fsp3) is 0.258. The molecule has 4 heterocycles. The molecule has 43 heavy (non-hydrogen) atoms. The van der Waals surface area contributed by atoms with Crippen LogP contribution in [0.5, 0.6) is 17.2 Å². The van der Waals surface area contributed by atoms with Crippen LogP contribution < -0.4 is 20.1 Å². The highest BCUT2D eigenvalue weighted by Gasteiger charge is 2.22. The number of aryl methyl sites for hydroxylation is 1. The second kappa shape index (κ2) is 12.0. The van der Waals surface area contributed by atoms with E-state index >= 15 is 0 Å². The van der Waals surface area contributed by atoms with Gasteiger partial charge in [-0.25, -0.2) is 23.9 Å². The van der Waals surface area contributed by atoms with E-state index in [1.807, 2.05) is 56.1 Å². The van der Waals surface area contributed by atoms with Gasteiger partial charge in [0.25, 0.3) is 5.91 Å². The Kier molecular flexibility index (Phi) is 7.84. The van der Waals surface area contributed by atoms with Crippen molar-refractivity contribution >= 4 is 39.6 Å². The van der Waals surface area contributed by atoms with Crippen LogP contribution in [0.1, 0.15) is 25.3 Å². The molecular formula is C31H31FN8O3. The number of halogens is 1. The van der Waals surface area contributed by atoms with Gasteiger partial charge in [-0.05, 0) is 82.3 Å². The number of fused-ring (bicyclic) bond motifs is 2. The Labute approximate surface area is 247 Å². The van der Waals surface area contributed by atoms with E-state index in [-0.39, 0.29) is 6.04 Å². The second-order valence-corrected chi connectivity index (χ2v) is 10.3. The molecule has 1 aliphatic heterocycles. The molecule has 11 nitrogen and oxygen atoms in total. The molecule has 1 saturated heterocycles.